The van der Waals surface area contributed by atoms with E-state index in [9.17, 15) is 0 Å². The van der Waals surface area contributed by atoms with Gasteiger partial charge in [-0.2, -0.15) is 0 Å². The summed E-state index contributed by atoms with van der Waals surface area (Å²) in [7, 11) is 0. The van der Waals surface area contributed by atoms with Crippen LogP contribution < -0.4 is 5.32 Å². The van der Waals surface area contributed by atoms with Crippen molar-refractivity contribution in [3.8, 4) is 5.69 Å². The summed E-state index contributed by atoms with van der Waals surface area (Å²) in [5, 5.41) is 5.68. The van der Waals surface area contributed by atoms with Crippen LogP contribution in [0.3, 0.4) is 0 Å². The first-order valence-corrected chi connectivity index (χ1v) is 7.05. The van der Waals surface area contributed by atoms with Gasteiger partial charge in [0.2, 0.25) is 5.95 Å². The molecule has 0 spiro atoms. The topological polar surface area (TPSA) is 29.9 Å². The number of hydrogen-bond donors (Lipinski definition) is 1. The Bertz CT molecular complexity index is 718. The van der Waals surface area contributed by atoms with Crippen LogP contribution in [0, 0.1) is 0 Å². The monoisotopic (exact) mass is 315 g/mol. The molecule has 3 rings (SSSR count). The molecule has 0 saturated carbocycles. The largest absolute Gasteiger partial charge is 0.356 e. The molecule has 0 aliphatic heterocycles. The van der Waals surface area contributed by atoms with Crippen molar-refractivity contribution in [3.05, 3.63) is 53.3 Å². The molecule has 19 heavy (non-hydrogen) atoms. The predicted octanol–water partition coefficient (Wildman–Crippen LogP) is 4.22. The number of halogens is 1. The number of hydrogen-bond acceptors (Lipinski definition) is 2. The highest BCUT2D eigenvalue weighted by Crippen LogP contribution is 2.30. The number of aromatic nitrogens is 2. The van der Waals surface area contributed by atoms with Gasteiger partial charge in [0.15, 0.2) is 0 Å². The second kappa shape index (κ2) is 5.05. The fourth-order valence-electron chi connectivity index (χ4n) is 2.24. The molecule has 0 amide bonds. The van der Waals surface area contributed by atoms with Gasteiger partial charge in [-0.1, -0.05) is 40.2 Å². The number of rotatable bonds is 3. The van der Waals surface area contributed by atoms with Crippen LogP contribution in [0.25, 0.3) is 16.5 Å². The van der Waals surface area contributed by atoms with Crippen LogP contribution >= 0.6 is 15.9 Å². The van der Waals surface area contributed by atoms with Crippen molar-refractivity contribution in [3.63, 3.8) is 0 Å². The Balaban J connectivity index is 2.25. The average Bonchev–Trinajstić information content (AvgIpc) is 2.88. The smallest absolute Gasteiger partial charge is 0.207 e. The van der Waals surface area contributed by atoms with Crippen LogP contribution in [0.5, 0.6) is 0 Å². The molecule has 3 aromatic rings. The third-order valence-electron chi connectivity index (χ3n) is 3.08. The molecule has 0 unspecified atom stereocenters. The average molecular weight is 316 g/mol. The standard InChI is InChI=1S/C15H14BrN3/c1-2-17-15-18-9-10-19(15)14-8-7-13(16)11-5-3-4-6-12(11)14/h3-10H,2H2,1H3,(H,17,18). The Morgan fingerprint density at radius 2 is 1.95 bits per heavy atom. The lowest BCUT2D eigenvalue weighted by Gasteiger charge is -2.12. The minimum Gasteiger partial charge on any atom is -0.356 e. The summed E-state index contributed by atoms with van der Waals surface area (Å²) in [6, 6.07) is 12.5. The first-order chi connectivity index (χ1) is 9.31. The van der Waals surface area contributed by atoms with Crippen molar-refractivity contribution in [2.24, 2.45) is 0 Å². The summed E-state index contributed by atoms with van der Waals surface area (Å²) in [5.41, 5.74) is 1.13. The summed E-state index contributed by atoms with van der Waals surface area (Å²) in [4.78, 5) is 4.35. The van der Waals surface area contributed by atoms with E-state index in [1.165, 1.54) is 10.8 Å². The van der Waals surface area contributed by atoms with E-state index in [0.717, 1.165) is 22.7 Å². The van der Waals surface area contributed by atoms with Gasteiger partial charge in [0.1, 0.15) is 0 Å². The molecule has 0 atom stereocenters. The van der Waals surface area contributed by atoms with Gasteiger partial charge in [0, 0.05) is 28.8 Å². The zero-order valence-electron chi connectivity index (χ0n) is 10.6. The van der Waals surface area contributed by atoms with Crippen molar-refractivity contribution in [1.82, 2.24) is 9.55 Å². The second-order valence-corrected chi connectivity index (χ2v) is 5.12. The zero-order chi connectivity index (χ0) is 13.2. The maximum absolute atomic E-state index is 4.35. The minimum atomic E-state index is 0.853. The molecule has 2 aromatic carbocycles. The van der Waals surface area contributed by atoms with Crippen molar-refractivity contribution in [2.75, 3.05) is 11.9 Å². The Morgan fingerprint density at radius 1 is 1.16 bits per heavy atom. The van der Waals surface area contributed by atoms with Crippen molar-refractivity contribution < 1.29 is 0 Å². The van der Waals surface area contributed by atoms with E-state index in [2.05, 4.69) is 74.1 Å². The normalized spacial score (nSPS) is 10.8. The lowest BCUT2D eigenvalue weighted by molar-refractivity contribution is 1.03. The molecule has 1 N–H and O–H groups in total. The lowest BCUT2D eigenvalue weighted by Crippen LogP contribution is -2.05. The molecule has 0 radical (unpaired) electrons. The molecule has 3 nitrogen and oxygen atoms in total. The Labute approximate surface area is 120 Å². The van der Waals surface area contributed by atoms with Crippen LogP contribution in [0.15, 0.2) is 53.3 Å². The fraction of sp³-hybridized carbons (Fsp3) is 0.133. The maximum Gasteiger partial charge on any atom is 0.207 e. The predicted molar refractivity (Wildman–Crippen MR) is 82.9 cm³/mol. The summed E-state index contributed by atoms with van der Waals surface area (Å²) in [6.45, 7) is 2.92. The molecular weight excluding hydrogens is 302 g/mol. The SMILES string of the molecule is CCNc1nccn1-c1ccc(Br)c2ccccc12. The summed E-state index contributed by atoms with van der Waals surface area (Å²) in [6.07, 6.45) is 3.79. The van der Waals surface area contributed by atoms with E-state index in [-0.39, 0.29) is 0 Å². The van der Waals surface area contributed by atoms with E-state index < -0.39 is 0 Å². The molecule has 0 saturated heterocycles. The minimum absolute atomic E-state index is 0.853. The zero-order valence-corrected chi connectivity index (χ0v) is 12.2. The molecule has 1 aromatic heterocycles. The molecule has 0 aliphatic carbocycles. The number of fused-ring (bicyclic) bond motifs is 1. The van der Waals surface area contributed by atoms with Gasteiger partial charge in [-0.3, -0.25) is 4.57 Å². The number of nitrogens with one attached hydrogen (secondary N) is 1. The van der Waals surface area contributed by atoms with Gasteiger partial charge in [0.25, 0.3) is 0 Å². The third kappa shape index (κ3) is 2.12. The van der Waals surface area contributed by atoms with Crippen molar-refractivity contribution in [1.29, 1.82) is 0 Å². The van der Waals surface area contributed by atoms with E-state index in [4.69, 9.17) is 0 Å². The van der Waals surface area contributed by atoms with Crippen LogP contribution in [-0.4, -0.2) is 16.1 Å². The van der Waals surface area contributed by atoms with Gasteiger partial charge in [0.05, 0.1) is 5.69 Å². The van der Waals surface area contributed by atoms with Crippen LogP contribution in [-0.2, 0) is 0 Å². The summed E-state index contributed by atoms with van der Waals surface area (Å²) in [5.74, 6) is 0.870. The highest BCUT2D eigenvalue weighted by Gasteiger charge is 2.09. The van der Waals surface area contributed by atoms with E-state index in [0.29, 0.717) is 0 Å². The first-order valence-electron chi connectivity index (χ1n) is 6.26. The summed E-state index contributed by atoms with van der Waals surface area (Å²) < 4.78 is 3.19. The van der Waals surface area contributed by atoms with Gasteiger partial charge >= 0.3 is 0 Å². The van der Waals surface area contributed by atoms with Gasteiger partial charge in [-0.15, -0.1) is 0 Å². The molecule has 0 aliphatic rings. The number of benzene rings is 2. The third-order valence-corrected chi connectivity index (χ3v) is 3.77. The Morgan fingerprint density at radius 3 is 2.74 bits per heavy atom. The van der Waals surface area contributed by atoms with E-state index in [1.807, 2.05) is 12.4 Å². The number of anilines is 1. The number of nitrogens with zero attached hydrogens (tertiary/aromatic N) is 2. The highest BCUT2D eigenvalue weighted by atomic mass is 79.9. The Hall–Kier alpha value is -1.81. The van der Waals surface area contributed by atoms with Crippen molar-refractivity contribution in [2.45, 2.75) is 6.92 Å². The molecular formula is C15H14BrN3. The lowest BCUT2D eigenvalue weighted by atomic mass is 10.1. The quantitative estimate of drug-likeness (QED) is 0.784. The molecule has 0 bridgehead atoms. The van der Waals surface area contributed by atoms with Crippen LogP contribution in [0.1, 0.15) is 6.92 Å². The van der Waals surface area contributed by atoms with E-state index in [1.54, 1.807) is 0 Å². The molecule has 96 valence electrons. The van der Waals surface area contributed by atoms with Crippen LogP contribution in [0.2, 0.25) is 0 Å². The van der Waals surface area contributed by atoms with Gasteiger partial charge in [-0.25, -0.2) is 4.98 Å². The molecule has 1 heterocycles. The van der Waals surface area contributed by atoms with E-state index >= 15 is 0 Å². The second-order valence-electron chi connectivity index (χ2n) is 4.26. The number of imidazole rings is 1. The molecule has 4 heteroatoms. The fourth-order valence-corrected chi connectivity index (χ4v) is 2.72. The van der Waals surface area contributed by atoms with Gasteiger partial charge < -0.3 is 5.32 Å². The van der Waals surface area contributed by atoms with Crippen LogP contribution in [0.4, 0.5) is 5.95 Å². The molecule has 0 fully saturated rings. The summed E-state index contributed by atoms with van der Waals surface area (Å²) >= 11 is 3.60. The maximum atomic E-state index is 4.35. The highest BCUT2D eigenvalue weighted by molar-refractivity contribution is 9.10. The first kappa shape index (κ1) is 12.2. The van der Waals surface area contributed by atoms with Gasteiger partial charge in [-0.05, 0) is 24.4 Å². The Kier molecular flexibility index (Phi) is 3.25. The van der Waals surface area contributed by atoms with Crippen molar-refractivity contribution >= 4 is 32.7 Å².